The van der Waals surface area contributed by atoms with Gasteiger partial charge in [0.25, 0.3) is 0 Å². The van der Waals surface area contributed by atoms with Crippen LogP contribution in [0.5, 0.6) is 5.75 Å². The predicted octanol–water partition coefficient (Wildman–Crippen LogP) is 4.50. The molecular weight excluding hydrogens is 402 g/mol. The Balaban J connectivity index is 1.40. The van der Waals surface area contributed by atoms with E-state index in [0.717, 1.165) is 29.0 Å². The van der Waals surface area contributed by atoms with Crippen molar-refractivity contribution < 1.29 is 19.1 Å². The zero-order valence-corrected chi connectivity index (χ0v) is 17.9. The summed E-state index contributed by atoms with van der Waals surface area (Å²) in [6.45, 7) is 0.236. The molecule has 1 aliphatic carbocycles. The maximum absolute atomic E-state index is 13.7. The fourth-order valence-corrected chi connectivity index (χ4v) is 4.99. The van der Waals surface area contributed by atoms with Crippen LogP contribution >= 0.6 is 0 Å². The number of carbonyl (C=O) groups is 2. The summed E-state index contributed by atoms with van der Waals surface area (Å²) >= 11 is 0. The van der Waals surface area contributed by atoms with E-state index < -0.39 is 5.41 Å². The van der Waals surface area contributed by atoms with Crippen molar-refractivity contribution in [3.63, 3.8) is 0 Å². The zero-order valence-electron chi connectivity index (χ0n) is 17.9. The van der Waals surface area contributed by atoms with Gasteiger partial charge in [-0.25, -0.2) is 0 Å². The standard InChI is InChI=1S/C27H25NO4/c1-31-22-14-12-20(13-15-22)27-17-23(27)24(28(26(27)30)21-10-6-3-7-11-21)16-25(29)32-18-19-8-4-2-5-9-19/h2-15,23-24H,16-18H2,1H3/t23-,24?,27+/m1/s1. The Kier molecular flexibility index (Phi) is 5.17. The summed E-state index contributed by atoms with van der Waals surface area (Å²) in [5.74, 6) is 0.603. The van der Waals surface area contributed by atoms with E-state index in [1.807, 2.05) is 89.8 Å². The monoisotopic (exact) mass is 427 g/mol. The number of piperidine rings is 1. The largest absolute Gasteiger partial charge is 0.497 e. The van der Waals surface area contributed by atoms with Crippen LogP contribution in [0.25, 0.3) is 0 Å². The minimum Gasteiger partial charge on any atom is -0.497 e. The fourth-order valence-electron chi connectivity index (χ4n) is 4.99. The Bertz CT molecular complexity index is 1110. The van der Waals surface area contributed by atoms with Gasteiger partial charge >= 0.3 is 5.97 Å². The molecule has 32 heavy (non-hydrogen) atoms. The van der Waals surface area contributed by atoms with Crippen LogP contribution < -0.4 is 9.64 Å². The molecule has 1 amide bonds. The van der Waals surface area contributed by atoms with E-state index in [4.69, 9.17) is 9.47 Å². The Morgan fingerprint density at radius 2 is 1.62 bits per heavy atom. The molecule has 0 spiro atoms. The average Bonchev–Trinajstić information content (AvgIpc) is 3.55. The van der Waals surface area contributed by atoms with Crippen molar-refractivity contribution in [3.05, 3.63) is 96.1 Å². The molecule has 3 aromatic rings. The summed E-state index contributed by atoms with van der Waals surface area (Å²) in [4.78, 5) is 28.3. The van der Waals surface area contributed by atoms with Crippen LogP contribution in [0.15, 0.2) is 84.9 Å². The van der Waals surface area contributed by atoms with Crippen LogP contribution in [0.1, 0.15) is 24.0 Å². The van der Waals surface area contributed by atoms with Crippen LogP contribution in [0.3, 0.4) is 0 Å². The molecular formula is C27H25NO4. The summed E-state index contributed by atoms with van der Waals surface area (Å²) < 4.78 is 10.8. The van der Waals surface area contributed by atoms with Gasteiger partial charge in [0.2, 0.25) is 5.91 Å². The Hall–Kier alpha value is -3.60. The minimum absolute atomic E-state index is 0.0553. The van der Waals surface area contributed by atoms with Crippen LogP contribution in [0.4, 0.5) is 5.69 Å². The van der Waals surface area contributed by atoms with Crippen LogP contribution in [0, 0.1) is 5.92 Å². The number of hydrogen-bond acceptors (Lipinski definition) is 4. The van der Waals surface area contributed by atoms with E-state index in [2.05, 4.69) is 0 Å². The van der Waals surface area contributed by atoms with Gasteiger partial charge in [-0.15, -0.1) is 0 Å². The Morgan fingerprint density at radius 3 is 2.28 bits per heavy atom. The van der Waals surface area contributed by atoms with Gasteiger partial charge in [0.15, 0.2) is 0 Å². The third-order valence-electron chi connectivity index (χ3n) is 6.67. The van der Waals surface area contributed by atoms with Crippen molar-refractivity contribution >= 4 is 17.6 Å². The minimum atomic E-state index is -0.577. The van der Waals surface area contributed by atoms with Crippen molar-refractivity contribution in [1.29, 1.82) is 0 Å². The summed E-state index contributed by atoms with van der Waals surface area (Å²) in [5.41, 5.74) is 2.17. The maximum Gasteiger partial charge on any atom is 0.308 e. The number of esters is 1. The van der Waals surface area contributed by atoms with Gasteiger partial charge in [0.1, 0.15) is 12.4 Å². The molecule has 2 fully saturated rings. The molecule has 5 heteroatoms. The lowest BCUT2D eigenvalue weighted by molar-refractivity contribution is -0.145. The number of benzene rings is 3. The number of carbonyl (C=O) groups excluding carboxylic acids is 2. The molecule has 3 aromatic carbocycles. The highest BCUT2D eigenvalue weighted by atomic mass is 16.5. The topological polar surface area (TPSA) is 55.8 Å². The molecule has 1 heterocycles. The summed E-state index contributed by atoms with van der Waals surface area (Å²) in [6.07, 6.45) is 0.925. The number of nitrogens with zero attached hydrogens (tertiary/aromatic N) is 1. The second-order valence-corrected chi connectivity index (χ2v) is 8.44. The first kappa shape index (κ1) is 20.3. The molecule has 1 aliphatic heterocycles. The first-order valence-electron chi connectivity index (χ1n) is 10.9. The third kappa shape index (κ3) is 3.44. The maximum atomic E-state index is 13.7. The lowest BCUT2D eigenvalue weighted by atomic mass is 9.93. The number of ether oxygens (including phenoxy) is 2. The molecule has 0 bridgehead atoms. The molecule has 1 saturated heterocycles. The number of hydrogen-bond donors (Lipinski definition) is 0. The van der Waals surface area contributed by atoms with Gasteiger partial charge in [-0.3, -0.25) is 9.59 Å². The molecule has 5 rings (SSSR count). The Morgan fingerprint density at radius 1 is 0.969 bits per heavy atom. The molecule has 5 nitrogen and oxygen atoms in total. The summed E-state index contributed by atoms with van der Waals surface area (Å²) in [7, 11) is 1.63. The van der Waals surface area contributed by atoms with Gasteiger partial charge in [-0.05, 0) is 41.8 Å². The van der Waals surface area contributed by atoms with E-state index in [9.17, 15) is 9.59 Å². The fraction of sp³-hybridized carbons (Fsp3) is 0.259. The van der Waals surface area contributed by atoms with Crippen molar-refractivity contribution in [3.8, 4) is 5.75 Å². The normalized spacial score (nSPS) is 23.5. The SMILES string of the molecule is COc1ccc([C@@]23C[C@@H]2C(CC(=O)OCc2ccccc2)N(c2ccccc2)C3=O)cc1. The van der Waals surface area contributed by atoms with E-state index in [1.165, 1.54) is 0 Å². The summed E-state index contributed by atoms with van der Waals surface area (Å²) in [6, 6.07) is 26.7. The van der Waals surface area contributed by atoms with Gasteiger partial charge in [0, 0.05) is 11.6 Å². The molecule has 0 aromatic heterocycles. The molecule has 3 atom stereocenters. The van der Waals surface area contributed by atoms with Gasteiger partial charge in [-0.1, -0.05) is 60.7 Å². The second kappa shape index (κ2) is 8.15. The molecule has 0 radical (unpaired) electrons. The van der Waals surface area contributed by atoms with Crippen molar-refractivity contribution in [2.75, 3.05) is 12.0 Å². The van der Waals surface area contributed by atoms with Crippen LogP contribution in [0.2, 0.25) is 0 Å². The van der Waals surface area contributed by atoms with Crippen molar-refractivity contribution in [2.45, 2.75) is 30.9 Å². The molecule has 1 unspecified atom stereocenters. The third-order valence-corrected chi connectivity index (χ3v) is 6.67. The number of methoxy groups -OCH3 is 1. The Labute approximate surface area is 187 Å². The smallest absolute Gasteiger partial charge is 0.308 e. The second-order valence-electron chi connectivity index (χ2n) is 8.44. The highest BCUT2D eigenvalue weighted by Crippen LogP contribution is 2.64. The molecule has 162 valence electrons. The van der Waals surface area contributed by atoms with Gasteiger partial charge in [0.05, 0.1) is 25.0 Å². The number of amides is 1. The quantitative estimate of drug-likeness (QED) is 0.521. The first-order chi connectivity index (χ1) is 15.6. The highest BCUT2D eigenvalue weighted by Gasteiger charge is 2.72. The lowest BCUT2D eigenvalue weighted by Gasteiger charge is -2.28. The van der Waals surface area contributed by atoms with E-state index in [0.29, 0.717) is 0 Å². The van der Waals surface area contributed by atoms with Crippen molar-refractivity contribution in [1.82, 2.24) is 0 Å². The van der Waals surface area contributed by atoms with E-state index in [1.54, 1.807) is 7.11 Å². The number of anilines is 1. The lowest BCUT2D eigenvalue weighted by Crippen LogP contribution is -2.40. The van der Waals surface area contributed by atoms with Crippen LogP contribution in [-0.4, -0.2) is 25.0 Å². The molecule has 1 saturated carbocycles. The average molecular weight is 428 g/mol. The number of para-hydroxylation sites is 1. The summed E-state index contributed by atoms with van der Waals surface area (Å²) in [5, 5.41) is 0. The highest BCUT2D eigenvalue weighted by molar-refractivity contribution is 6.08. The first-order valence-corrected chi connectivity index (χ1v) is 10.9. The zero-order chi connectivity index (χ0) is 22.1. The molecule has 0 N–H and O–H groups in total. The number of rotatable bonds is 7. The van der Waals surface area contributed by atoms with E-state index >= 15 is 0 Å². The van der Waals surface area contributed by atoms with Crippen molar-refractivity contribution in [2.24, 2.45) is 5.92 Å². The van der Waals surface area contributed by atoms with Crippen LogP contribution in [-0.2, 0) is 26.3 Å². The van der Waals surface area contributed by atoms with Gasteiger partial charge < -0.3 is 14.4 Å². The van der Waals surface area contributed by atoms with E-state index in [-0.39, 0.29) is 36.9 Å². The molecule has 2 aliphatic rings. The van der Waals surface area contributed by atoms with Gasteiger partial charge in [-0.2, -0.15) is 0 Å². The predicted molar refractivity (Wildman–Crippen MR) is 121 cm³/mol. The number of fused-ring (bicyclic) bond motifs is 1.